The lowest BCUT2D eigenvalue weighted by atomic mass is 9.97. The number of nitrogens with zero attached hydrogens (tertiary/aromatic N) is 4. The highest BCUT2D eigenvalue weighted by Crippen LogP contribution is 2.37. The Morgan fingerprint density at radius 2 is 1.79 bits per heavy atom. The smallest absolute Gasteiger partial charge is 0.416 e. The molecule has 0 saturated carbocycles. The van der Waals surface area contributed by atoms with Crippen molar-refractivity contribution in [2.45, 2.75) is 44.8 Å². The van der Waals surface area contributed by atoms with Crippen LogP contribution in [0.2, 0.25) is 0 Å². The molecule has 2 aromatic carbocycles. The van der Waals surface area contributed by atoms with Crippen molar-refractivity contribution in [1.82, 2.24) is 14.8 Å². The molecule has 0 aliphatic carbocycles. The molecular formula is C29H29F3N4O3. The first-order valence-electron chi connectivity index (χ1n) is 12.8. The van der Waals surface area contributed by atoms with Crippen molar-refractivity contribution in [1.29, 1.82) is 0 Å². The zero-order valence-corrected chi connectivity index (χ0v) is 21.9. The van der Waals surface area contributed by atoms with Crippen LogP contribution in [0.3, 0.4) is 0 Å². The quantitative estimate of drug-likeness (QED) is 0.300. The van der Waals surface area contributed by atoms with E-state index in [1.807, 2.05) is 45.2 Å². The number of hydrogen-bond acceptors (Lipinski definition) is 5. The van der Waals surface area contributed by atoms with Gasteiger partial charge in [0.2, 0.25) is 0 Å². The molecule has 39 heavy (non-hydrogen) atoms. The van der Waals surface area contributed by atoms with Gasteiger partial charge in [0.05, 0.1) is 22.3 Å². The van der Waals surface area contributed by atoms with Gasteiger partial charge in [0, 0.05) is 32.0 Å². The zero-order valence-electron chi connectivity index (χ0n) is 21.9. The molecule has 0 atom stereocenters. The van der Waals surface area contributed by atoms with Crippen LogP contribution in [-0.4, -0.2) is 52.1 Å². The van der Waals surface area contributed by atoms with Gasteiger partial charge in [0.1, 0.15) is 0 Å². The van der Waals surface area contributed by atoms with Gasteiger partial charge >= 0.3 is 12.1 Å². The minimum atomic E-state index is -4.54. The van der Waals surface area contributed by atoms with E-state index >= 15 is 0 Å². The zero-order chi connectivity index (χ0) is 27.9. The van der Waals surface area contributed by atoms with Crippen molar-refractivity contribution in [2.75, 3.05) is 25.2 Å². The summed E-state index contributed by atoms with van der Waals surface area (Å²) in [5.74, 6) is -1.34. The van der Waals surface area contributed by atoms with Gasteiger partial charge in [-0.15, -0.1) is 0 Å². The third kappa shape index (κ3) is 5.21. The Morgan fingerprint density at radius 1 is 1.10 bits per heavy atom. The normalized spacial score (nSPS) is 14.7. The van der Waals surface area contributed by atoms with Crippen LogP contribution in [0, 0.1) is 0 Å². The van der Waals surface area contributed by atoms with Gasteiger partial charge in [0.25, 0.3) is 0 Å². The number of fused-ring (bicyclic) bond motifs is 1. The number of benzene rings is 2. The van der Waals surface area contributed by atoms with Gasteiger partial charge in [-0.25, -0.2) is 14.5 Å². The molecule has 1 N–H and O–H groups in total. The summed E-state index contributed by atoms with van der Waals surface area (Å²) in [6.45, 7) is 5.32. The Bertz CT molecular complexity index is 1510. The van der Waals surface area contributed by atoms with Gasteiger partial charge in [0.15, 0.2) is 11.3 Å². The van der Waals surface area contributed by atoms with E-state index < -0.39 is 17.7 Å². The van der Waals surface area contributed by atoms with Crippen molar-refractivity contribution >= 4 is 22.7 Å². The lowest BCUT2D eigenvalue weighted by molar-refractivity contribution is -0.137. The molecule has 0 radical (unpaired) electrons. The molecule has 10 heteroatoms. The molecule has 0 unspecified atom stereocenters. The summed E-state index contributed by atoms with van der Waals surface area (Å²) < 4.78 is 47.2. The molecule has 5 rings (SSSR count). The largest absolute Gasteiger partial charge is 0.477 e. The highest BCUT2D eigenvalue weighted by molar-refractivity contribution is 6.00. The van der Waals surface area contributed by atoms with E-state index in [4.69, 9.17) is 4.74 Å². The Kier molecular flexibility index (Phi) is 7.07. The Morgan fingerprint density at radius 3 is 2.41 bits per heavy atom. The Balaban J connectivity index is 1.67. The molecule has 204 valence electrons. The van der Waals surface area contributed by atoms with E-state index in [9.17, 15) is 23.1 Å². The van der Waals surface area contributed by atoms with Crippen LogP contribution in [0.15, 0.2) is 54.6 Å². The molecule has 7 nitrogen and oxygen atoms in total. The lowest BCUT2D eigenvalue weighted by Gasteiger charge is -2.33. The number of alkyl halides is 3. The number of carboxylic acids is 1. The van der Waals surface area contributed by atoms with E-state index in [-0.39, 0.29) is 22.9 Å². The summed E-state index contributed by atoms with van der Waals surface area (Å²) in [5, 5.41) is 15.1. The van der Waals surface area contributed by atoms with E-state index in [2.05, 4.69) is 15.0 Å². The number of hydrogen-bond donors (Lipinski definition) is 1. The fourth-order valence-corrected chi connectivity index (χ4v) is 5.04. The first kappa shape index (κ1) is 26.7. The lowest BCUT2D eigenvalue weighted by Crippen LogP contribution is -2.36. The second-order valence-corrected chi connectivity index (χ2v) is 10.1. The van der Waals surface area contributed by atoms with Crippen LogP contribution in [0.1, 0.15) is 54.4 Å². The van der Waals surface area contributed by atoms with E-state index in [1.54, 1.807) is 0 Å². The maximum Gasteiger partial charge on any atom is 0.416 e. The van der Waals surface area contributed by atoms with Gasteiger partial charge in [-0.3, -0.25) is 0 Å². The van der Waals surface area contributed by atoms with Gasteiger partial charge < -0.3 is 14.7 Å². The molecule has 1 aliphatic rings. The van der Waals surface area contributed by atoms with E-state index in [0.29, 0.717) is 22.7 Å². The average molecular weight is 539 g/mol. The van der Waals surface area contributed by atoms with Crippen LogP contribution in [0.5, 0.6) is 0 Å². The number of aromatic carboxylic acids is 1. The van der Waals surface area contributed by atoms with Crippen LogP contribution in [-0.2, 0) is 10.9 Å². The number of ether oxygens (including phenoxy) is 1. The van der Waals surface area contributed by atoms with Crippen molar-refractivity contribution in [2.24, 2.45) is 0 Å². The number of pyridine rings is 1. The van der Waals surface area contributed by atoms with Crippen molar-refractivity contribution in [3.8, 4) is 16.8 Å². The number of rotatable bonds is 6. The number of halogens is 3. The first-order chi connectivity index (χ1) is 18.5. The maximum atomic E-state index is 13.5. The summed E-state index contributed by atoms with van der Waals surface area (Å²) in [6.07, 6.45) is -2.65. The van der Waals surface area contributed by atoms with Crippen LogP contribution >= 0.6 is 0 Å². The molecule has 4 aromatic rings. The van der Waals surface area contributed by atoms with Crippen LogP contribution in [0.4, 0.5) is 18.9 Å². The summed E-state index contributed by atoms with van der Waals surface area (Å²) in [4.78, 5) is 18.6. The van der Waals surface area contributed by atoms with Crippen LogP contribution in [0.25, 0.3) is 27.8 Å². The average Bonchev–Trinajstić information content (AvgIpc) is 3.32. The van der Waals surface area contributed by atoms with Crippen LogP contribution < -0.4 is 4.90 Å². The maximum absolute atomic E-state index is 13.5. The molecule has 0 amide bonds. The van der Waals surface area contributed by atoms with Crippen molar-refractivity contribution in [3.63, 3.8) is 0 Å². The van der Waals surface area contributed by atoms with Crippen molar-refractivity contribution < 1.29 is 27.8 Å². The standard InChI is InChI=1S/C29H29F3N4O3/c1-17(2)26-25-23(18-7-9-20(10-8-18)35(3)21-11-13-39-14-12-21)16-24(28(37)38)33-27(25)36(34-26)22-6-4-5-19(15-22)29(30,31)32/h4-10,15-17,21H,11-14H2,1-3H3,(H,37,38). The molecule has 1 saturated heterocycles. The van der Waals surface area contributed by atoms with Gasteiger partial charge in [-0.2, -0.15) is 18.3 Å². The third-order valence-electron chi connectivity index (χ3n) is 7.17. The fourth-order valence-electron chi connectivity index (χ4n) is 5.04. The molecule has 3 heterocycles. The summed E-state index contributed by atoms with van der Waals surface area (Å²) in [7, 11) is 2.05. The highest BCUT2D eigenvalue weighted by Gasteiger charge is 2.31. The topological polar surface area (TPSA) is 80.5 Å². The number of carbonyl (C=O) groups is 1. The predicted octanol–water partition coefficient (Wildman–Crippen LogP) is 6.54. The number of aromatic nitrogens is 3. The summed E-state index contributed by atoms with van der Waals surface area (Å²) in [5.41, 5.74) is 2.31. The fraction of sp³-hybridized carbons (Fsp3) is 0.345. The summed E-state index contributed by atoms with van der Waals surface area (Å²) in [6, 6.07) is 14.5. The number of anilines is 1. The number of carboxylic acid groups (broad SMARTS) is 1. The minimum Gasteiger partial charge on any atom is -0.477 e. The first-order valence-corrected chi connectivity index (χ1v) is 12.8. The van der Waals surface area contributed by atoms with Gasteiger partial charge in [-0.1, -0.05) is 32.0 Å². The Labute approximate surface area is 223 Å². The monoisotopic (exact) mass is 538 g/mol. The molecule has 1 aliphatic heterocycles. The molecule has 2 aromatic heterocycles. The predicted molar refractivity (Wildman–Crippen MR) is 143 cm³/mol. The second-order valence-electron chi connectivity index (χ2n) is 10.1. The Hall–Kier alpha value is -3.92. The summed E-state index contributed by atoms with van der Waals surface area (Å²) >= 11 is 0. The highest BCUT2D eigenvalue weighted by atomic mass is 19.4. The SMILES string of the molecule is CC(C)c1nn(-c2cccc(C(F)(F)F)c2)c2nc(C(=O)O)cc(-c3ccc(N(C)C4CCOCC4)cc3)c12. The molecule has 0 spiro atoms. The van der Waals surface area contributed by atoms with E-state index in [1.165, 1.54) is 22.9 Å². The molecule has 1 fully saturated rings. The minimum absolute atomic E-state index is 0.102. The second kappa shape index (κ2) is 10.3. The third-order valence-corrected chi connectivity index (χ3v) is 7.17. The van der Waals surface area contributed by atoms with Gasteiger partial charge in [-0.05, 0) is 66.3 Å². The van der Waals surface area contributed by atoms with Crippen molar-refractivity contribution in [3.05, 3.63) is 71.5 Å². The molecule has 0 bridgehead atoms. The van der Waals surface area contributed by atoms with E-state index in [0.717, 1.165) is 49.4 Å². The molecular weight excluding hydrogens is 509 g/mol.